The van der Waals surface area contributed by atoms with Gasteiger partial charge in [0.15, 0.2) is 10.9 Å². The van der Waals surface area contributed by atoms with E-state index in [2.05, 4.69) is 10.6 Å². The van der Waals surface area contributed by atoms with E-state index in [1.807, 2.05) is 31.2 Å². The van der Waals surface area contributed by atoms with Gasteiger partial charge in [-0.2, -0.15) is 0 Å². The molecule has 1 aliphatic rings. The maximum Gasteiger partial charge on any atom is 0.341 e. The molecule has 6 nitrogen and oxygen atoms in total. The van der Waals surface area contributed by atoms with Gasteiger partial charge in [0.05, 0.1) is 12.2 Å². The van der Waals surface area contributed by atoms with Crippen LogP contribution in [0.25, 0.3) is 11.0 Å². The number of fused-ring (bicyclic) bond motifs is 2. The Balaban J connectivity index is 1.55. The zero-order chi connectivity index (χ0) is 21.3. The second-order valence-electron chi connectivity index (χ2n) is 7.10. The van der Waals surface area contributed by atoms with Crippen molar-refractivity contribution in [3.63, 3.8) is 0 Å². The number of esters is 1. The van der Waals surface area contributed by atoms with Crippen molar-refractivity contribution >= 4 is 56.5 Å². The van der Waals surface area contributed by atoms with Crippen molar-refractivity contribution in [2.75, 3.05) is 11.9 Å². The van der Waals surface area contributed by atoms with E-state index in [1.54, 1.807) is 6.92 Å². The number of nitrogens with one attached hydrogen (secondary N) is 2. The van der Waals surface area contributed by atoms with Gasteiger partial charge in [0, 0.05) is 15.8 Å². The van der Waals surface area contributed by atoms with Gasteiger partial charge in [0.1, 0.15) is 10.6 Å². The maximum atomic E-state index is 12.7. The molecule has 8 heteroatoms. The number of carbonyl (C=O) groups excluding carboxylic acids is 2. The van der Waals surface area contributed by atoms with Crippen LogP contribution in [-0.2, 0) is 17.6 Å². The lowest BCUT2D eigenvalue weighted by atomic mass is 9.95. The van der Waals surface area contributed by atoms with Crippen LogP contribution in [0.3, 0.4) is 0 Å². The molecule has 0 unspecified atom stereocenters. The quantitative estimate of drug-likeness (QED) is 0.438. The fourth-order valence-electron chi connectivity index (χ4n) is 3.76. The fraction of sp³-hybridized carbons (Fsp3) is 0.318. The number of benzene rings is 1. The van der Waals surface area contributed by atoms with Crippen molar-refractivity contribution < 1.29 is 18.7 Å². The molecule has 2 heterocycles. The molecule has 4 rings (SSSR count). The largest absolute Gasteiger partial charge is 0.462 e. The van der Waals surface area contributed by atoms with E-state index in [1.165, 1.54) is 16.2 Å². The first-order chi connectivity index (χ1) is 14.5. The summed E-state index contributed by atoms with van der Waals surface area (Å²) in [6.45, 7) is 3.92. The van der Waals surface area contributed by atoms with Crippen LogP contribution in [0, 0.1) is 6.92 Å². The van der Waals surface area contributed by atoms with Crippen molar-refractivity contribution in [2.45, 2.75) is 39.5 Å². The molecule has 0 fully saturated rings. The van der Waals surface area contributed by atoms with Gasteiger partial charge in [-0.15, -0.1) is 11.3 Å². The second-order valence-corrected chi connectivity index (χ2v) is 8.61. The number of para-hydroxylation sites is 1. The van der Waals surface area contributed by atoms with Crippen molar-refractivity contribution in [2.24, 2.45) is 0 Å². The zero-order valence-electron chi connectivity index (χ0n) is 16.8. The summed E-state index contributed by atoms with van der Waals surface area (Å²) < 4.78 is 11.0. The molecule has 156 valence electrons. The molecule has 0 radical (unpaired) electrons. The number of hydrogen-bond donors (Lipinski definition) is 2. The molecule has 0 atom stereocenters. The van der Waals surface area contributed by atoms with Crippen LogP contribution in [0.4, 0.5) is 5.00 Å². The minimum absolute atomic E-state index is 0.115. The number of furan rings is 1. The van der Waals surface area contributed by atoms with E-state index < -0.39 is 5.91 Å². The molecular formula is C22H22N2O4S2. The molecule has 3 aromatic rings. The maximum absolute atomic E-state index is 12.7. The molecule has 1 amide bonds. The lowest BCUT2D eigenvalue weighted by Crippen LogP contribution is -2.34. The average molecular weight is 443 g/mol. The van der Waals surface area contributed by atoms with E-state index in [-0.39, 0.29) is 16.8 Å². The second kappa shape index (κ2) is 8.57. The van der Waals surface area contributed by atoms with E-state index in [0.29, 0.717) is 22.8 Å². The third kappa shape index (κ3) is 3.85. The average Bonchev–Trinajstić information content (AvgIpc) is 3.25. The number of hydrogen-bond acceptors (Lipinski definition) is 6. The summed E-state index contributed by atoms with van der Waals surface area (Å²) in [5.41, 5.74) is 2.97. The van der Waals surface area contributed by atoms with Crippen LogP contribution in [0.15, 0.2) is 28.7 Å². The molecule has 1 aromatic carbocycles. The highest BCUT2D eigenvalue weighted by Gasteiger charge is 2.27. The summed E-state index contributed by atoms with van der Waals surface area (Å²) in [6, 6.07) is 7.48. The first-order valence-corrected chi connectivity index (χ1v) is 11.1. The number of rotatable bonds is 4. The van der Waals surface area contributed by atoms with Crippen molar-refractivity contribution in [1.29, 1.82) is 0 Å². The SMILES string of the molecule is CCOC(=O)c1c(NC(=S)NC(=O)c2oc3ccccc3c2C)sc2c1CCCC2. The number of thiophene rings is 1. The highest BCUT2D eigenvalue weighted by atomic mass is 32.1. The summed E-state index contributed by atoms with van der Waals surface area (Å²) >= 11 is 6.86. The van der Waals surface area contributed by atoms with E-state index in [4.69, 9.17) is 21.4 Å². The van der Waals surface area contributed by atoms with Gasteiger partial charge in [-0.3, -0.25) is 10.1 Å². The number of carbonyl (C=O) groups is 2. The number of amides is 1. The molecule has 2 aromatic heterocycles. The predicted molar refractivity (Wildman–Crippen MR) is 122 cm³/mol. The highest BCUT2D eigenvalue weighted by Crippen LogP contribution is 2.38. The molecule has 2 N–H and O–H groups in total. The van der Waals surface area contributed by atoms with Crippen LogP contribution >= 0.6 is 23.6 Å². The van der Waals surface area contributed by atoms with E-state index in [0.717, 1.165) is 42.2 Å². The van der Waals surface area contributed by atoms with Gasteiger partial charge in [-0.25, -0.2) is 4.79 Å². The smallest absolute Gasteiger partial charge is 0.341 e. The molecular weight excluding hydrogens is 420 g/mol. The van der Waals surface area contributed by atoms with Crippen molar-refractivity contribution in [3.8, 4) is 0 Å². The van der Waals surface area contributed by atoms with E-state index >= 15 is 0 Å². The number of ether oxygens (including phenoxy) is 1. The number of thiocarbonyl (C=S) groups is 1. The van der Waals surface area contributed by atoms with Gasteiger partial charge < -0.3 is 14.5 Å². The summed E-state index contributed by atoms with van der Waals surface area (Å²) in [7, 11) is 0. The molecule has 0 saturated heterocycles. The first kappa shape index (κ1) is 20.6. The van der Waals surface area contributed by atoms with Crippen LogP contribution in [-0.4, -0.2) is 23.6 Å². The van der Waals surface area contributed by atoms with Crippen LogP contribution in [0.1, 0.15) is 56.7 Å². The zero-order valence-corrected chi connectivity index (χ0v) is 18.4. The standard InChI is InChI=1S/C22H22N2O4S2/c1-3-27-21(26)17-14-9-5-7-11-16(14)30-20(17)24-22(29)23-19(25)18-12(2)13-8-4-6-10-15(13)28-18/h4,6,8,10H,3,5,7,9,11H2,1-2H3,(H2,23,24,25,29). The third-order valence-electron chi connectivity index (χ3n) is 5.15. The Morgan fingerprint density at radius 2 is 2.00 bits per heavy atom. The van der Waals surface area contributed by atoms with Crippen LogP contribution in [0.5, 0.6) is 0 Å². The normalized spacial score (nSPS) is 13.0. The Bertz CT molecular complexity index is 1150. The Morgan fingerprint density at radius 1 is 1.23 bits per heavy atom. The summed E-state index contributed by atoms with van der Waals surface area (Å²) in [5.74, 6) is -0.571. The number of aryl methyl sites for hydroxylation is 2. The van der Waals surface area contributed by atoms with Gasteiger partial charge in [0.25, 0.3) is 5.91 Å². The predicted octanol–water partition coefficient (Wildman–Crippen LogP) is 4.99. The molecule has 0 bridgehead atoms. The van der Waals surface area contributed by atoms with Gasteiger partial charge in [0.2, 0.25) is 0 Å². The summed E-state index contributed by atoms with van der Waals surface area (Å²) in [5, 5.41) is 7.32. The molecule has 1 aliphatic carbocycles. The highest BCUT2D eigenvalue weighted by molar-refractivity contribution is 7.80. The van der Waals surface area contributed by atoms with Crippen molar-refractivity contribution in [3.05, 3.63) is 51.6 Å². The minimum Gasteiger partial charge on any atom is -0.462 e. The third-order valence-corrected chi connectivity index (χ3v) is 6.57. The first-order valence-electron chi connectivity index (χ1n) is 9.91. The van der Waals surface area contributed by atoms with Crippen LogP contribution in [0.2, 0.25) is 0 Å². The monoisotopic (exact) mass is 442 g/mol. The Hall–Kier alpha value is -2.71. The summed E-state index contributed by atoms with van der Waals surface area (Å²) in [4.78, 5) is 26.5. The van der Waals surface area contributed by atoms with Crippen molar-refractivity contribution in [1.82, 2.24) is 5.32 Å². The number of anilines is 1. The topological polar surface area (TPSA) is 80.6 Å². The molecule has 0 aliphatic heterocycles. The van der Waals surface area contributed by atoms with Gasteiger partial charge in [-0.1, -0.05) is 18.2 Å². The summed E-state index contributed by atoms with van der Waals surface area (Å²) in [6.07, 6.45) is 3.92. The lowest BCUT2D eigenvalue weighted by Gasteiger charge is -2.12. The minimum atomic E-state index is -0.430. The fourth-order valence-corrected chi connectivity index (χ4v) is 5.30. The lowest BCUT2D eigenvalue weighted by molar-refractivity contribution is 0.0526. The van der Waals surface area contributed by atoms with Gasteiger partial charge in [-0.05, 0) is 63.4 Å². The van der Waals surface area contributed by atoms with E-state index in [9.17, 15) is 9.59 Å². The van der Waals surface area contributed by atoms with Gasteiger partial charge >= 0.3 is 5.97 Å². The van der Waals surface area contributed by atoms with Crippen LogP contribution < -0.4 is 10.6 Å². The Morgan fingerprint density at radius 3 is 2.77 bits per heavy atom. The molecule has 0 saturated carbocycles. The molecule has 0 spiro atoms. The Labute approximate surface area is 183 Å². The Kier molecular flexibility index (Phi) is 5.87. The molecule has 30 heavy (non-hydrogen) atoms.